The number of carbonyl (C=O) groups excluding carboxylic acids is 3. The summed E-state index contributed by atoms with van der Waals surface area (Å²) >= 11 is 0. The largest absolute Gasteiger partial charge is 0.390 e. The van der Waals surface area contributed by atoms with Crippen molar-refractivity contribution in [2.45, 2.75) is 96.9 Å². The van der Waals surface area contributed by atoms with Crippen molar-refractivity contribution in [2.75, 3.05) is 13.7 Å². The molecule has 5 atom stereocenters. The van der Waals surface area contributed by atoms with E-state index in [1.165, 1.54) is 0 Å². The van der Waals surface area contributed by atoms with Crippen LogP contribution in [0.1, 0.15) is 78.6 Å². The molecule has 1 saturated heterocycles. The number of ether oxygens (including phenoxy) is 2. The van der Waals surface area contributed by atoms with Crippen LogP contribution in [0.3, 0.4) is 0 Å². The molecule has 7 heteroatoms. The zero-order chi connectivity index (χ0) is 25.1. The Balaban J connectivity index is 1.98. The normalized spacial score (nSPS) is 30.1. The summed E-state index contributed by atoms with van der Waals surface area (Å²) in [7, 11) is 1.60. The van der Waals surface area contributed by atoms with E-state index in [0.717, 1.165) is 31.3 Å². The highest BCUT2D eigenvalue weighted by atomic mass is 16.5. The first kappa shape index (κ1) is 28.4. The summed E-state index contributed by atoms with van der Waals surface area (Å²) < 4.78 is 11.7. The lowest BCUT2D eigenvalue weighted by molar-refractivity contribution is -0.134. The molecular formula is C27H43NO6. The molecule has 7 nitrogen and oxygen atoms in total. The third-order valence-electron chi connectivity index (χ3n) is 7.00. The van der Waals surface area contributed by atoms with Gasteiger partial charge in [0.05, 0.1) is 12.2 Å². The predicted octanol–water partition coefficient (Wildman–Crippen LogP) is 3.89. The van der Waals surface area contributed by atoms with Gasteiger partial charge in [0.15, 0.2) is 0 Å². The Hall–Kier alpha value is -1.83. The average Bonchev–Trinajstić information content (AvgIpc) is 2.78. The van der Waals surface area contributed by atoms with E-state index in [1.807, 2.05) is 32.9 Å². The van der Waals surface area contributed by atoms with Crippen LogP contribution in [-0.4, -0.2) is 54.7 Å². The predicted molar refractivity (Wildman–Crippen MR) is 131 cm³/mol. The Bertz CT molecular complexity index is 729. The molecular weight excluding hydrogens is 434 g/mol. The molecule has 192 valence electrons. The lowest BCUT2D eigenvalue weighted by atomic mass is 9.87. The first-order valence-corrected chi connectivity index (χ1v) is 12.8. The average molecular weight is 478 g/mol. The molecule has 2 N–H and O–H groups in total. The van der Waals surface area contributed by atoms with Gasteiger partial charge < -0.3 is 14.6 Å². The van der Waals surface area contributed by atoms with E-state index in [4.69, 9.17) is 9.47 Å². The zero-order valence-electron chi connectivity index (χ0n) is 21.3. The van der Waals surface area contributed by atoms with Crippen LogP contribution in [0.4, 0.5) is 0 Å². The minimum absolute atomic E-state index is 0.0244. The number of allylic oxidation sites excluding steroid dienone is 2. The Morgan fingerprint density at radius 1 is 1.26 bits per heavy atom. The fourth-order valence-corrected chi connectivity index (χ4v) is 4.92. The minimum Gasteiger partial charge on any atom is -0.390 e. The Kier molecular flexibility index (Phi) is 12.2. The molecule has 2 aliphatic heterocycles. The molecule has 2 amide bonds. The van der Waals surface area contributed by atoms with Gasteiger partial charge in [-0.1, -0.05) is 38.5 Å². The molecule has 0 radical (unpaired) electrons. The van der Waals surface area contributed by atoms with Gasteiger partial charge in [-0.05, 0) is 50.5 Å². The second kappa shape index (κ2) is 14.5. The summed E-state index contributed by atoms with van der Waals surface area (Å²) in [4.78, 5) is 35.8. The highest BCUT2D eigenvalue weighted by Crippen LogP contribution is 2.26. The van der Waals surface area contributed by atoms with Crippen LogP contribution >= 0.6 is 0 Å². The standard InChI is InChI=1S/C27H43NO6/c1-18(22(29)12-10-11-21-16-24(30)28-25(31)17-21)15-19(2)27-20(3)26(32)23(33-4)13-8-6-5-7-9-14-34-27/h8,13,15,18,20-21,23,26-27,32H,5-7,9-12,14,16-17H2,1-4H3,(H,28,30,31)/b13-8+,19-15+/t18-,20-,23-,26-,27-/m0/s1. The van der Waals surface area contributed by atoms with Crippen molar-refractivity contribution < 1.29 is 29.0 Å². The van der Waals surface area contributed by atoms with Crippen molar-refractivity contribution in [3.8, 4) is 0 Å². The first-order chi connectivity index (χ1) is 16.2. The van der Waals surface area contributed by atoms with Gasteiger partial charge in [-0.15, -0.1) is 0 Å². The van der Waals surface area contributed by atoms with Crippen LogP contribution in [0.2, 0.25) is 0 Å². The summed E-state index contributed by atoms with van der Waals surface area (Å²) in [6.45, 7) is 6.44. The fourth-order valence-electron chi connectivity index (χ4n) is 4.92. The van der Waals surface area contributed by atoms with Gasteiger partial charge in [-0.3, -0.25) is 19.7 Å². The third-order valence-corrected chi connectivity index (χ3v) is 7.00. The van der Waals surface area contributed by atoms with Gasteiger partial charge in [-0.2, -0.15) is 0 Å². The number of carbonyl (C=O) groups is 3. The fraction of sp³-hybridized carbons (Fsp3) is 0.741. The molecule has 0 aromatic rings. The van der Waals surface area contributed by atoms with E-state index in [0.29, 0.717) is 38.7 Å². The molecule has 2 rings (SSSR count). The highest BCUT2D eigenvalue weighted by Gasteiger charge is 2.32. The maximum Gasteiger partial charge on any atom is 0.226 e. The summed E-state index contributed by atoms with van der Waals surface area (Å²) in [6.07, 6.45) is 11.1. The second-order valence-corrected chi connectivity index (χ2v) is 9.92. The van der Waals surface area contributed by atoms with Crippen molar-refractivity contribution >= 4 is 17.6 Å². The number of aliphatic hydroxyl groups excluding tert-OH is 1. The van der Waals surface area contributed by atoms with Gasteiger partial charge in [0.25, 0.3) is 0 Å². The molecule has 34 heavy (non-hydrogen) atoms. The van der Waals surface area contributed by atoms with Crippen LogP contribution in [0.15, 0.2) is 23.8 Å². The van der Waals surface area contributed by atoms with E-state index < -0.39 is 12.2 Å². The highest BCUT2D eigenvalue weighted by molar-refractivity contribution is 5.97. The molecule has 2 aliphatic rings. The zero-order valence-corrected chi connectivity index (χ0v) is 21.3. The second-order valence-electron chi connectivity index (χ2n) is 9.92. The number of imide groups is 1. The number of hydrogen-bond acceptors (Lipinski definition) is 6. The maximum absolute atomic E-state index is 12.8. The molecule has 0 saturated carbocycles. The summed E-state index contributed by atoms with van der Waals surface area (Å²) in [5.41, 5.74) is 0.942. The summed E-state index contributed by atoms with van der Waals surface area (Å²) in [5.74, 6) is -0.772. The Morgan fingerprint density at radius 3 is 2.65 bits per heavy atom. The van der Waals surface area contributed by atoms with E-state index in [2.05, 4.69) is 11.4 Å². The van der Waals surface area contributed by atoms with Crippen molar-refractivity contribution in [2.24, 2.45) is 17.8 Å². The number of ketones is 1. The lowest BCUT2D eigenvalue weighted by Crippen LogP contribution is -2.40. The van der Waals surface area contributed by atoms with E-state index in [-0.39, 0.29) is 41.5 Å². The number of Topliss-reactive ketones (excluding diaryl/α,β-unsaturated/α-hetero) is 1. The van der Waals surface area contributed by atoms with Gasteiger partial charge in [-0.25, -0.2) is 0 Å². The maximum atomic E-state index is 12.8. The third kappa shape index (κ3) is 9.08. The Morgan fingerprint density at radius 2 is 1.97 bits per heavy atom. The molecule has 0 aromatic heterocycles. The number of hydrogen-bond donors (Lipinski definition) is 2. The van der Waals surface area contributed by atoms with E-state index in [9.17, 15) is 19.5 Å². The quantitative estimate of drug-likeness (QED) is 0.406. The molecule has 2 heterocycles. The molecule has 0 aliphatic carbocycles. The first-order valence-electron chi connectivity index (χ1n) is 12.8. The smallest absolute Gasteiger partial charge is 0.226 e. The summed E-state index contributed by atoms with van der Waals surface area (Å²) in [5, 5.41) is 13.3. The van der Waals surface area contributed by atoms with Crippen LogP contribution in [-0.2, 0) is 23.9 Å². The van der Waals surface area contributed by atoms with Crippen molar-refractivity contribution in [3.63, 3.8) is 0 Å². The number of nitrogens with one attached hydrogen (secondary N) is 1. The lowest BCUT2D eigenvalue weighted by Gasteiger charge is -2.32. The van der Waals surface area contributed by atoms with Crippen LogP contribution in [0, 0.1) is 17.8 Å². The van der Waals surface area contributed by atoms with Crippen LogP contribution in [0.25, 0.3) is 0 Å². The van der Waals surface area contributed by atoms with Crippen molar-refractivity contribution in [1.29, 1.82) is 0 Å². The number of aliphatic hydroxyl groups is 1. The molecule has 0 aromatic carbocycles. The molecule has 0 unspecified atom stereocenters. The van der Waals surface area contributed by atoms with E-state index >= 15 is 0 Å². The van der Waals surface area contributed by atoms with Crippen LogP contribution in [0.5, 0.6) is 0 Å². The van der Waals surface area contributed by atoms with Crippen molar-refractivity contribution in [3.05, 3.63) is 23.8 Å². The van der Waals surface area contributed by atoms with Gasteiger partial charge in [0, 0.05) is 44.8 Å². The molecule has 1 fully saturated rings. The van der Waals surface area contributed by atoms with Crippen LogP contribution < -0.4 is 5.32 Å². The summed E-state index contributed by atoms with van der Waals surface area (Å²) in [6, 6.07) is 0. The monoisotopic (exact) mass is 477 g/mol. The number of amides is 2. The van der Waals surface area contributed by atoms with Gasteiger partial charge in [0.2, 0.25) is 11.8 Å². The van der Waals surface area contributed by atoms with Gasteiger partial charge >= 0.3 is 0 Å². The molecule has 0 bridgehead atoms. The Labute approximate surface area is 204 Å². The number of piperidine rings is 1. The SMILES string of the molecule is CO[C@H]1/C=C/CCCCCO[C@@H](/C(C)=C/[C@H](C)C(=O)CCCC2CC(=O)NC(=O)C2)[C@@H](C)[C@@H]1O. The number of rotatable bonds is 8. The van der Waals surface area contributed by atoms with Gasteiger partial charge in [0.1, 0.15) is 11.9 Å². The molecule has 0 spiro atoms. The van der Waals surface area contributed by atoms with E-state index in [1.54, 1.807) is 7.11 Å². The topological polar surface area (TPSA) is 102 Å². The minimum atomic E-state index is -0.726. The number of methoxy groups -OCH3 is 1. The van der Waals surface area contributed by atoms with Crippen molar-refractivity contribution in [1.82, 2.24) is 5.32 Å².